The highest BCUT2D eigenvalue weighted by molar-refractivity contribution is 6.32. The molecule has 1 aliphatic heterocycles. The summed E-state index contributed by atoms with van der Waals surface area (Å²) in [5.74, 6) is -0.284. The fraction of sp³-hybridized carbons (Fsp3) is 0.250. The molecule has 0 radical (unpaired) electrons. The molecule has 5 rings (SSSR count). The minimum absolute atomic E-state index is 0.131. The van der Waals surface area contributed by atoms with Crippen molar-refractivity contribution in [3.8, 4) is 11.3 Å². The number of benzene rings is 2. The van der Waals surface area contributed by atoms with Gasteiger partial charge in [-0.25, -0.2) is 0 Å². The van der Waals surface area contributed by atoms with Crippen LogP contribution in [0.2, 0.25) is 5.02 Å². The van der Waals surface area contributed by atoms with E-state index in [1.54, 1.807) is 30.3 Å². The van der Waals surface area contributed by atoms with Gasteiger partial charge in [0, 0.05) is 48.6 Å². The third kappa shape index (κ3) is 5.70. The summed E-state index contributed by atoms with van der Waals surface area (Å²) in [6.07, 6.45) is 9.81. The molecule has 37 heavy (non-hydrogen) atoms. The third-order valence-electron chi connectivity index (χ3n) is 6.40. The van der Waals surface area contributed by atoms with Crippen LogP contribution < -0.4 is 10.9 Å². The van der Waals surface area contributed by atoms with Gasteiger partial charge < -0.3 is 5.32 Å². The summed E-state index contributed by atoms with van der Waals surface area (Å²) >= 11 is 6.38. The number of aromatic nitrogens is 4. The Morgan fingerprint density at radius 1 is 1.11 bits per heavy atom. The first-order valence-corrected chi connectivity index (χ1v) is 12.6. The van der Waals surface area contributed by atoms with Crippen LogP contribution in [0.15, 0.2) is 70.8 Å². The van der Waals surface area contributed by atoms with Crippen molar-refractivity contribution in [2.24, 2.45) is 12.0 Å². The number of nitrogens with zero attached hydrogens (tertiary/aromatic N) is 5. The van der Waals surface area contributed by atoms with Crippen molar-refractivity contribution < 1.29 is 4.79 Å². The lowest BCUT2D eigenvalue weighted by Gasteiger charge is -2.14. The van der Waals surface area contributed by atoms with Gasteiger partial charge in [0.1, 0.15) is 12.2 Å². The number of carbonyl (C=O) groups is 1. The predicted octanol–water partition coefficient (Wildman–Crippen LogP) is 4.05. The van der Waals surface area contributed by atoms with Crippen molar-refractivity contribution in [3.05, 3.63) is 98.8 Å². The molecule has 0 fully saturated rings. The van der Waals surface area contributed by atoms with Crippen LogP contribution in [0.1, 0.15) is 28.8 Å². The molecule has 188 valence electrons. The van der Waals surface area contributed by atoms with Gasteiger partial charge in [0.25, 0.3) is 5.56 Å². The van der Waals surface area contributed by atoms with E-state index in [-0.39, 0.29) is 24.6 Å². The van der Waals surface area contributed by atoms with Gasteiger partial charge in [-0.1, -0.05) is 41.9 Å². The molecule has 2 aromatic heterocycles. The van der Waals surface area contributed by atoms with Crippen molar-refractivity contribution in [2.45, 2.75) is 38.8 Å². The average molecular weight is 515 g/mol. The highest BCUT2D eigenvalue weighted by Crippen LogP contribution is 2.32. The van der Waals surface area contributed by atoms with E-state index < -0.39 is 0 Å². The van der Waals surface area contributed by atoms with Crippen molar-refractivity contribution in [2.75, 3.05) is 0 Å². The summed E-state index contributed by atoms with van der Waals surface area (Å²) in [5.41, 5.74) is 5.36. The second kappa shape index (κ2) is 10.9. The summed E-state index contributed by atoms with van der Waals surface area (Å²) in [7, 11) is 1.80. The number of halogens is 1. The Kier molecular flexibility index (Phi) is 7.28. The van der Waals surface area contributed by atoms with Gasteiger partial charge in [-0.2, -0.15) is 5.10 Å². The standard InChI is InChI=1S/C28H27ClN6O2/c1-34-17-21(15-33-34)26-16-31-24(9-5-8-19-6-3-2-4-7-19)28(37)35(26)18-27(36)32-14-20-12-23(29)22-10-11-30-25(22)13-20/h2-4,6-7,11-13,15-17H,5,8-10,14,18H2,1H3,(H,32,36). The van der Waals surface area contributed by atoms with Crippen LogP contribution in [-0.2, 0) is 44.2 Å². The number of amides is 1. The number of aliphatic imine (C=N–C) groups is 1. The average Bonchev–Trinajstić information content (AvgIpc) is 3.55. The van der Waals surface area contributed by atoms with Crippen LogP contribution in [0.25, 0.3) is 11.3 Å². The molecule has 1 N–H and O–H groups in total. The minimum Gasteiger partial charge on any atom is -0.350 e. The van der Waals surface area contributed by atoms with E-state index >= 15 is 0 Å². The van der Waals surface area contributed by atoms with E-state index in [2.05, 4.69) is 32.5 Å². The summed E-state index contributed by atoms with van der Waals surface area (Å²) in [6.45, 7) is 0.154. The van der Waals surface area contributed by atoms with Crippen LogP contribution in [0.3, 0.4) is 0 Å². The number of hydrogen-bond acceptors (Lipinski definition) is 5. The van der Waals surface area contributed by atoms with E-state index in [1.807, 2.05) is 36.5 Å². The number of hydrogen-bond donors (Lipinski definition) is 1. The van der Waals surface area contributed by atoms with Crippen LogP contribution >= 0.6 is 11.6 Å². The van der Waals surface area contributed by atoms with E-state index in [9.17, 15) is 9.59 Å². The van der Waals surface area contributed by atoms with Gasteiger partial charge in [0.2, 0.25) is 5.91 Å². The van der Waals surface area contributed by atoms with Crippen molar-refractivity contribution in [1.82, 2.24) is 24.6 Å². The van der Waals surface area contributed by atoms with E-state index in [0.717, 1.165) is 41.6 Å². The lowest BCUT2D eigenvalue weighted by Crippen LogP contribution is -2.34. The van der Waals surface area contributed by atoms with Gasteiger partial charge in [-0.15, -0.1) is 0 Å². The molecule has 0 atom stereocenters. The second-order valence-corrected chi connectivity index (χ2v) is 9.50. The lowest BCUT2D eigenvalue weighted by molar-refractivity contribution is -0.121. The molecule has 0 saturated heterocycles. The highest BCUT2D eigenvalue weighted by atomic mass is 35.5. The third-order valence-corrected chi connectivity index (χ3v) is 6.73. The van der Waals surface area contributed by atoms with E-state index in [0.29, 0.717) is 22.8 Å². The molecule has 1 aliphatic rings. The van der Waals surface area contributed by atoms with Gasteiger partial charge in [0.15, 0.2) is 0 Å². The SMILES string of the molecule is Cn1cc(-c2cnc(CCCc3ccccc3)c(=O)n2CC(=O)NCc2cc(Cl)c3c(c2)N=CC3)cn1. The first-order valence-electron chi connectivity index (χ1n) is 12.2. The number of carbonyl (C=O) groups excluding carboxylic acids is 1. The van der Waals surface area contributed by atoms with Gasteiger partial charge in [-0.3, -0.25) is 28.8 Å². The maximum atomic E-state index is 13.5. The first-order chi connectivity index (χ1) is 18.0. The smallest absolute Gasteiger partial charge is 0.273 e. The summed E-state index contributed by atoms with van der Waals surface area (Å²) in [5, 5.41) is 7.76. The Bertz CT molecular complexity index is 1520. The van der Waals surface area contributed by atoms with Gasteiger partial charge in [-0.05, 0) is 42.5 Å². The molecule has 0 aliphatic carbocycles. The Balaban J connectivity index is 1.33. The van der Waals surface area contributed by atoms with Crippen molar-refractivity contribution in [1.29, 1.82) is 0 Å². The summed E-state index contributed by atoms with van der Waals surface area (Å²) < 4.78 is 3.13. The molecular weight excluding hydrogens is 488 g/mol. The minimum atomic E-state index is -0.284. The Hall–Kier alpha value is -4.04. The van der Waals surface area contributed by atoms with E-state index in [4.69, 9.17) is 11.6 Å². The molecule has 9 heteroatoms. The van der Waals surface area contributed by atoms with Crippen molar-refractivity contribution in [3.63, 3.8) is 0 Å². The zero-order valence-electron chi connectivity index (χ0n) is 20.5. The fourth-order valence-corrected chi connectivity index (χ4v) is 4.79. The van der Waals surface area contributed by atoms with Crippen LogP contribution in [0, 0.1) is 0 Å². The van der Waals surface area contributed by atoms with Gasteiger partial charge >= 0.3 is 0 Å². The van der Waals surface area contributed by atoms with E-state index in [1.165, 1.54) is 10.1 Å². The quantitative estimate of drug-likeness (QED) is 0.364. The normalized spacial score (nSPS) is 12.1. The molecule has 8 nitrogen and oxygen atoms in total. The van der Waals surface area contributed by atoms with Crippen LogP contribution in [0.4, 0.5) is 5.69 Å². The fourth-order valence-electron chi connectivity index (χ4n) is 4.48. The molecule has 0 spiro atoms. The maximum Gasteiger partial charge on any atom is 0.273 e. The maximum absolute atomic E-state index is 13.5. The summed E-state index contributed by atoms with van der Waals surface area (Å²) in [4.78, 5) is 35.3. The number of fused-ring (bicyclic) bond motifs is 1. The van der Waals surface area contributed by atoms with Crippen molar-refractivity contribution >= 4 is 29.4 Å². The molecule has 1 amide bonds. The second-order valence-electron chi connectivity index (χ2n) is 9.09. The lowest BCUT2D eigenvalue weighted by atomic mass is 10.1. The Labute approximate surface area is 219 Å². The van der Waals surface area contributed by atoms with Crippen LogP contribution in [-0.4, -0.2) is 31.5 Å². The Morgan fingerprint density at radius 2 is 1.95 bits per heavy atom. The molecule has 2 aromatic carbocycles. The highest BCUT2D eigenvalue weighted by Gasteiger charge is 2.17. The zero-order chi connectivity index (χ0) is 25.8. The predicted molar refractivity (Wildman–Crippen MR) is 144 cm³/mol. The topological polar surface area (TPSA) is 94.2 Å². The Morgan fingerprint density at radius 3 is 2.73 bits per heavy atom. The number of nitrogens with one attached hydrogen (secondary N) is 1. The number of rotatable bonds is 9. The molecule has 0 saturated carbocycles. The van der Waals surface area contributed by atoms with Gasteiger partial charge in [0.05, 0.1) is 23.8 Å². The number of aryl methyl sites for hydroxylation is 3. The monoisotopic (exact) mass is 514 g/mol. The van der Waals surface area contributed by atoms with Crippen LogP contribution in [0.5, 0.6) is 0 Å². The largest absolute Gasteiger partial charge is 0.350 e. The molecular formula is C28H27ClN6O2. The molecule has 4 aromatic rings. The molecule has 0 unspecified atom stereocenters. The first kappa shape index (κ1) is 24.6. The summed E-state index contributed by atoms with van der Waals surface area (Å²) in [6, 6.07) is 13.9. The molecule has 3 heterocycles. The zero-order valence-corrected chi connectivity index (χ0v) is 21.3. The molecule has 0 bridgehead atoms.